The summed E-state index contributed by atoms with van der Waals surface area (Å²) in [4.78, 5) is 26.4. The van der Waals surface area contributed by atoms with Gasteiger partial charge in [-0.15, -0.1) is 6.58 Å². The summed E-state index contributed by atoms with van der Waals surface area (Å²) in [6.07, 6.45) is 6.23. The third kappa shape index (κ3) is 4.97. The highest BCUT2D eigenvalue weighted by Crippen LogP contribution is 2.49. The maximum absolute atomic E-state index is 13.2. The highest BCUT2D eigenvalue weighted by molar-refractivity contribution is 6.31. The molecule has 0 amide bonds. The number of hydrogen-bond donors (Lipinski definition) is 0. The predicted molar refractivity (Wildman–Crippen MR) is 143 cm³/mol. The van der Waals surface area contributed by atoms with Gasteiger partial charge in [0, 0.05) is 58.9 Å². The van der Waals surface area contributed by atoms with E-state index in [9.17, 15) is 9.59 Å². The Bertz CT molecular complexity index is 1280. The Morgan fingerprint density at radius 3 is 2.27 bits per heavy atom. The van der Waals surface area contributed by atoms with Crippen molar-refractivity contribution in [3.63, 3.8) is 0 Å². The SMILES string of the molecule is C=CCc1cc(C2C3=C(CCCC3=O)OC3=C2C(=O)CCC3)cc(OCC)c1OCc1ccccc1Cl. The number of halogens is 1. The molecule has 0 unspecified atom stereocenters. The van der Waals surface area contributed by atoms with Gasteiger partial charge in [-0.25, -0.2) is 0 Å². The van der Waals surface area contributed by atoms with Crippen LogP contribution in [0.1, 0.15) is 68.1 Å². The van der Waals surface area contributed by atoms with Gasteiger partial charge in [-0.05, 0) is 43.9 Å². The summed E-state index contributed by atoms with van der Waals surface area (Å²) in [6.45, 7) is 6.57. The normalized spacial score (nSPS) is 17.8. The van der Waals surface area contributed by atoms with Gasteiger partial charge in [0.2, 0.25) is 0 Å². The average Bonchev–Trinajstić information content (AvgIpc) is 2.88. The van der Waals surface area contributed by atoms with Crippen molar-refractivity contribution in [1.29, 1.82) is 0 Å². The molecule has 37 heavy (non-hydrogen) atoms. The van der Waals surface area contributed by atoms with Crippen molar-refractivity contribution in [1.82, 2.24) is 0 Å². The minimum atomic E-state index is -0.459. The van der Waals surface area contributed by atoms with Crippen LogP contribution in [0, 0.1) is 0 Å². The number of allylic oxidation sites excluding steroid dienone is 5. The summed E-state index contributed by atoms with van der Waals surface area (Å²) in [7, 11) is 0. The first-order valence-electron chi connectivity index (χ1n) is 13.0. The molecule has 192 valence electrons. The lowest BCUT2D eigenvalue weighted by Gasteiger charge is -2.36. The van der Waals surface area contributed by atoms with E-state index in [2.05, 4.69) is 6.58 Å². The number of carbonyl (C=O) groups is 2. The van der Waals surface area contributed by atoms with Gasteiger partial charge in [-0.2, -0.15) is 0 Å². The van der Waals surface area contributed by atoms with Gasteiger partial charge in [0.15, 0.2) is 23.1 Å². The van der Waals surface area contributed by atoms with E-state index in [1.807, 2.05) is 49.4 Å². The molecule has 0 fully saturated rings. The molecular weight excluding hydrogens is 488 g/mol. The number of benzene rings is 2. The zero-order valence-electron chi connectivity index (χ0n) is 21.1. The second-order valence-electron chi connectivity index (χ2n) is 9.58. The van der Waals surface area contributed by atoms with Crippen LogP contribution in [0.5, 0.6) is 11.5 Å². The van der Waals surface area contributed by atoms with Gasteiger partial charge in [-0.1, -0.05) is 41.9 Å². The van der Waals surface area contributed by atoms with E-state index < -0.39 is 5.92 Å². The minimum absolute atomic E-state index is 0.0541. The van der Waals surface area contributed by atoms with Crippen molar-refractivity contribution >= 4 is 23.2 Å². The van der Waals surface area contributed by atoms with Crippen LogP contribution >= 0.6 is 11.6 Å². The zero-order chi connectivity index (χ0) is 25.9. The Labute approximate surface area is 222 Å². The van der Waals surface area contributed by atoms with E-state index in [-0.39, 0.29) is 18.2 Å². The Kier molecular flexibility index (Phi) is 7.52. The molecule has 0 bridgehead atoms. The van der Waals surface area contributed by atoms with E-state index >= 15 is 0 Å². The number of ether oxygens (including phenoxy) is 3. The standard InChI is InChI=1S/C31H31ClO5/c1-3-9-19-16-21(17-27(35-4-2)31(19)36-18-20-10-5-6-11-22(20)32)28-29-23(33)12-7-14-25(29)37-26-15-8-13-24(34)30(26)28/h3,5-6,10-11,16-17,28H,1,4,7-9,12-15,18H2,2H3. The zero-order valence-corrected chi connectivity index (χ0v) is 21.9. The van der Waals surface area contributed by atoms with E-state index in [1.54, 1.807) is 0 Å². The topological polar surface area (TPSA) is 61.8 Å². The Balaban J connectivity index is 1.63. The Morgan fingerprint density at radius 2 is 1.65 bits per heavy atom. The number of rotatable bonds is 8. The van der Waals surface area contributed by atoms with Gasteiger partial charge < -0.3 is 14.2 Å². The van der Waals surface area contributed by atoms with Gasteiger partial charge in [0.25, 0.3) is 0 Å². The lowest BCUT2D eigenvalue weighted by molar-refractivity contribution is -0.117. The fourth-order valence-corrected chi connectivity index (χ4v) is 5.69. The van der Waals surface area contributed by atoms with Crippen molar-refractivity contribution in [3.05, 3.63) is 93.4 Å². The lowest BCUT2D eigenvalue weighted by Crippen LogP contribution is -2.30. The molecule has 5 rings (SSSR count). The molecular formula is C31H31ClO5. The van der Waals surface area contributed by atoms with Crippen LogP contribution in [0.25, 0.3) is 0 Å². The molecule has 1 aliphatic heterocycles. The van der Waals surface area contributed by atoms with Crippen molar-refractivity contribution in [2.45, 2.75) is 64.4 Å². The van der Waals surface area contributed by atoms with Crippen molar-refractivity contribution in [2.75, 3.05) is 6.61 Å². The smallest absolute Gasteiger partial charge is 0.165 e. The fraction of sp³-hybridized carbons (Fsp3) is 0.355. The second kappa shape index (κ2) is 11.0. The first-order chi connectivity index (χ1) is 18.0. The lowest BCUT2D eigenvalue weighted by atomic mass is 9.73. The maximum atomic E-state index is 13.2. The summed E-state index contributed by atoms with van der Waals surface area (Å²) in [5.74, 6) is 2.28. The van der Waals surface area contributed by atoms with Crippen LogP contribution in [-0.2, 0) is 27.4 Å². The minimum Gasteiger partial charge on any atom is -0.490 e. The van der Waals surface area contributed by atoms with Crippen molar-refractivity contribution in [3.8, 4) is 11.5 Å². The molecule has 0 atom stereocenters. The van der Waals surface area contributed by atoms with Crippen molar-refractivity contribution in [2.24, 2.45) is 0 Å². The third-order valence-electron chi connectivity index (χ3n) is 7.12. The van der Waals surface area contributed by atoms with E-state index in [0.29, 0.717) is 66.4 Å². The van der Waals surface area contributed by atoms with Crippen LogP contribution in [0.3, 0.4) is 0 Å². The molecule has 0 spiro atoms. The summed E-state index contributed by atoms with van der Waals surface area (Å²) >= 11 is 6.36. The summed E-state index contributed by atoms with van der Waals surface area (Å²) in [5.41, 5.74) is 3.84. The molecule has 1 heterocycles. The van der Waals surface area contributed by atoms with Crippen LogP contribution in [0.4, 0.5) is 0 Å². The molecule has 2 aromatic rings. The molecule has 0 saturated heterocycles. The largest absolute Gasteiger partial charge is 0.490 e. The van der Waals surface area contributed by atoms with Gasteiger partial charge in [0.1, 0.15) is 18.1 Å². The van der Waals surface area contributed by atoms with E-state index in [1.165, 1.54) is 0 Å². The molecule has 0 N–H and O–H groups in total. The number of carbonyl (C=O) groups excluding carboxylic acids is 2. The maximum Gasteiger partial charge on any atom is 0.165 e. The van der Waals surface area contributed by atoms with Gasteiger partial charge in [-0.3, -0.25) is 9.59 Å². The van der Waals surface area contributed by atoms with Crippen LogP contribution in [-0.4, -0.2) is 18.2 Å². The average molecular weight is 519 g/mol. The van der Waals surface area contributed by atoms with Crippen LogP contribution in [0.2, 0.25) is 5.02 Å². The van der Waals surface area contributed by atoms with E-state index in [0.717, 1.165) is 41.1 Å². The Hall–Kier alpha value is -3.31. The highest BCUT2D eigenvalue weighted by Gasteiger charge is 2.42. The second-order valence-corrected chi connectivity index (χ2v) is 9.98. The quantitative estimate of drug-likeness (QED) is 0.346. The monoisotopic (exact) mass is 518 g/mol. The molecule has 6 heteroatoms. The highest BCUT2D eigenvalue weighted by atomic mass is 35.5. The molecule has 0 saturated carbocycles. The molecule has 5 nitrogen and oxygen atoms in total. The fourth-order valence-electron chi connectivity index (χ4n) is 5.50. The van der Waals surface area contributed by atoms with Crippen molar-refractivity contribution < 1.29 is 23.8 Å². The van der Waals surface area contributed by atoms with Crippen LogP contribution < -0.4 is 9.47 Å². The summed E-state index contributed by atoms with van der Waals surface area (Å²) in [6, 6.07) is 11.5. The summed E-state index contributed by atoms with van der Waals surface area (Å²) in [5, 5.41) is 0.634. The molecule has 2 aromatic carbocycles. The van der Waals surface area contributed by atoms with Crippen LogP contribution in [0.15, 0.2) is 71.7 Å². The van der Waals surface area contributed by atoms with Gasteiger partial charge >= 0.3 is 0 Å². The summed E-state index contributed by atoms with van der Waals surface area (Å²) < 4.78 is 18.6. The third-order valence-corrected chi connectivity index (χ3v) is 7.49. The molecule has 0 aromatic heterocycles. The number of Topliss-reactive ketones (excluding diaryl/α,β-unsaturated/α-hetero) is 2. The number of hydrogen-bond acceptors (Lipinski definition) is 5. The number of ketones is 2. The molecule has 0 radical (unpaired) electrons. The van der Waals surface area contributed by atoms with Gasteiger partial charge in [0.05, 0.1) is 6.61 Å². The van der Waals surface area contributed by atoms with E-state index in [4.69, 9.17) is 25.8 Å². The Morgan fingerprint density at radius 1 is 0.973 bits per heavy atom. The first kappa shape index (κ1) is 25.3. The first-order valence-corrected chi connectivity index (χ1v) is 13.4. The molecule has 2 aliphatic carbocycles. The molecule has 3 aliphatic rings. The predicted octanol–water partition coefficient (Wildman–Crippen LogP) is 7.17.